The van der Waals surface area contributed by atoms with Gasteiger partial charge in [-0.3, -0.25) is 14.4 Å². The summed E-state index contributed by atoms with van der Waals surface area (Å²) in [4.78, 5) is 34.5. The summed E-state index contributed by atoms with van der Waals surface area (Å²) in [5, 5.41) is 5.28. The third-order valence-electron chi connectivity index (χ3n) is 3.18. The van der Waals surface area contributed by atoms with Gasteiger partial charge < -0.3 is 15.4 Å². The number of ether oxygens (including phenoxy) is 1. The molecular weight excluding hydrogens is 296 g/mol. The summed E-state index contributed by atoms with van der Waals surface area (Å²) in [7, 11) is 0. The minimum atomic E-state index is -0.546. The molecule has 0 fully saturated rings. The fraction of sp³-hybridized carbons (Fsp3) is 0.471. The molecule has 0 unspecified atom stereocenters. The maximum atomic E-state index is 11.7. The highest BCUT2D eigenvalue weighted by atomic mass is 16.5. The molecular formula is C17H24N2O4. The van der Waals surface area contributed by atoms with Crippen LogP contribution in [0.2, 0.25) is 0 Å². The van der Waals surface area contributed by atoms with Gasteiger partial charge in [0.1, 0.15) is 11.8 Å². The van der Waals surface area contributed by atoms with Crippen LogP contribution < -0.4 is 15.4 Å². The minimum Gasteiger partial charge on any atom is -0.494 e. The van der Waals surface area contributed by atoms with Gasteiger partial charge in [0.05, 0.1) is 6.61 Å². The lowest BCUT2D eigenvalue weighted by atomic mass is 10.1. The van der Waals surface area contributed by atoms with Crippen LogP contribution in [0.1, 0.15) is 44.0 Å². The monoisotopic (exact) mass is 320 g/mol. The Hall–Kier alpha value is -2.37. The van der Waals surface area contributed by atoms with Crippen LogP contribution >= 0.6 is 0 Å². The molecule has 0 saturated heterocycles. The van der Waals surface area contributed by atoms with Crippen LogP contribution in [0.25, 0.3) is 0 Å². The van der Waals surface area contributed by atoms with E-state index >= 15 is 0 Å². The zero-order valence-corrected chi connectivity index (χ0v) is 13.8. The second kappa shape index (κ2) is 9.61. The lowest BCUT2D eigenvalue weighted by Crippen LogP contribution is -2.44. The van der Waals surface area contributed by atoms with Crippen molar-refractivity contribution in [1.29, 1.82) is 0 Å². The van der Waals surface area contributed by atoms with Crippen molar-refractivity contribution < 1.29 is 19.1 Å². The largest absolute Gasteiger partial charge is 0.494 e. The van der Waals surface area contributed by atoms with Crippen LogP contribution in [-0.4, -0.2) is 36.8 Å². The number of likely N-dealkylation sites (N-methyl/N-ethyl adjacent to an activating group) is 1. The average molecular weight is 320 g/mol. The molecule has 2 amide bonds. The van der Waals surface area contributed by atoms with E-state index in [1.165, 1.54) is 6.92 Å². The second-order valence-corrected chi connectivity index (χ2v) is 5.22. The molecule has 0 aromatic heterocycles. The highest BCUT2D eigenvalue weighted by Gasteiger charge is 2.14. The highest BCUT2D eigenvalue weighted by molar-refractivity contribution is 5.94. The Labute approximate surface area is 136 Å². The summed E-state index contributed by atoms with van der Waals surface area (Å²) < 4.78 is 5.53. The maximum absolute atomic E-state index is 11.7. The molecule has 23 heavy (non-hydrogen) atoms. The summed E-state index contributed by atoms with van der Waals surface area (Å²) in [5.74, 6) is 0.200. The number of amides is 2. The van der Waals surface area contributed by atoms with Gasteiger partial charge in [-0.2, -0.15) is 0 Å². The van der Waals surface area contributed by atoms with Gasteiger partial charge >= 0.3 is 0 Å². The molecule has 0 aliphatic carbocycles. The maximum Gasteiger partial charge on any atom is 0.242 e. The van der Waals surface area contributed by atoms with Crippen molar-refractivity contribution in [3.05, 3.63) is 29.8 Å². The van der Waals surface area contributed by atoms with Gasteiger partial charge in [-0.15, -0.1) is 0 Å². The van der Waals surface area contributed by atoms with Crippen molar-refractivity contribution in [3.63, 3.8) is 0 Å². The third-order valence-corrected chi connectivity index (χ3v) is 3.18. The molecule has 6 nitrogen and oxygen atoms in total. The molecule has 0 heterocycles. The van der Waals surface area contributed by atoms with Crippen LogP contribution in [0.5, 0.6) is 5.75 Å². The molecule has 0 radical (unpaired) electrons. The fourth-order valence-electron chi connectivity index (χ4n) is 1.93. The number of carbonyl (C=O) groups is 3. The van der Waals surface area contributed by atoms with Gasteiger partial charge in [0.15, 0.2) is 5.78 Å². The van der Waals surface area contributed by atoms with Crippen LogP contribution in [-0.2, 0) is 9.59 Å². The van der Waals surface area contributed by atoms with Crippen LogP contribution in [0.4, 0.5) is 0 Å². The van der Waals surface area contributed by atoms with Gasteiger partial charge in [-0.1, -0.05) is 12.1 Å². The van der Waals surface area contributed by atoms with Gasteiger partial charge in [-0.05, 0) is 39.3 Å². The van der Waals surface area contributed by atoms with Gasteiger partial charge in [0, 0.05) is 18.5 Å². The molecule has 0 saturated carbocycles. The SMILES string of the molecule is CCNC(=O)[C@H](C)NC(=O)CCCOc1cccc(C(C)=O)c1. The smallest absolute Gasteiger partial charge is 0.242 e. The predicted octanol–water partition coefficient (Wildman–Crippen LogP) is 1.69. The van der Waals surface area contributed by atoms with Gasteiger partial charge in [-0.25, -0.2) is 0 Å². The quantitative estimate of drug-likeness (QED) is 0.536. The molecule has 2 N–H and O–H groups in total. The molecule has 1 aromatic carbocycles. The summed E-state index contributed by atoms with van der Waals surface area (Å²) in [5.41, 5.74) is 0.594. The number of hydrogen-bond donors (Lipinski definition) is 2. The van der Waals surface area contributed by atoms with E-state index in [1.54, 1.807) is 31.2 Å². The van der Waals surface area contributed by atoms with Crippen LogP contribution in [0, 0.1) is 0 Å². The summed E-state index contributed by atoms with van der Waals surface area (Å²) >= 11 is 0. The van der Waals surface area contributed by atoms with Crippen LogP contribution in [0.3, 0.4) is 0 Å². The number of ketones is 1. The van der Waals surface area contributed by atoms with E-state index in [1.807, 2.05) is 6.92 Å². The van der Waals surface area contributed by atoms with E-state index in [-0.39, 0.29) is 24.0 Å². The standard InChI is InChI=1S/C17H24N2O4/c1-4-18-17(22)12(2)19-16(21)9-6-10-23-15-8-5-7-14(11-15)13(3)20/h5,7-8,11-12H,4,6,9-10H2,1-3H3,(H,18,22)(H,19,21)/t12-/m0/s1. The number of benzene rings is 1. The first kappa shape index (κ1) is 18.7. The van der Waals surface area contributed by atoms with Crippen molar-refractivity contribution in [2.45, 2.75) is 39.7 Å². The van der Waals surface area contributed by atoms with E-state index in [0.717, 1.165) is 0 Å². The molecule has 0 aliphatic heterocycles. The van der Waals surface area contributed by atoms with Gasteiger partial charge in [0.2, 0.25) is 11.8 Å². The van der Waals surface area contributed by atoms with E-state index in [9.17, 15) is 14.4 Å². The predicted molar refractivity (Wildman–Crippen MR) is 87.5 cm³/mol. The van der Waals surface area contributed by atoms with Crippen molar-refractivity contribution in [1.82, 2.24) is 10.6 Å². The van der Waals surface area contributed by atoms with E-state index in [4.69, 9.17) is 4.74 Å². The molecule has 0 bridgehead atoms. The van der Waals surface area contributed by atoms with Crippen molar-refractivity contribution >= 4 is 17.6 Å². The topological polar surface area (TPSA) is 84.5 Å². The van der Waals surface area contributed by atoms with E-state index in [0.29, 0.717) is 30.9 Å². The summed E-state index contributed by atoms with van der Waals surface area (Å²) in [6.45, 7) is 5.87. The fourth-order valence-corrected chi connectivity index (χ4v) is 1.93. The zero-order valence-electron chi connectivity index (χ0n) is 13.8. The average Bonchev–Trinajstić information content (AvgIpc) is 2.52. The number of carbonyl (C=O) groups excluding carboxylic acids is 3. The normalized spacial score (nSPS) is 11.4. The lowest BCUT2D eigenvalue weighted by Gasteiger charge is -2.13. The Morgan fingerprint density at radius 3 is 2.65 bits per heavy atom. The zero-order chi connectivity index (χ0) is 17.2. The number of rotatable bonds is 9. The Bertz CT molecular complexity index is 557. The molecule has 126 valence electrons. The summed E-state index contributed by atoms with van der Waals surface area (Å²) in [6.07, 6.45) is 0.800. The van der Waals surface area contributed by atoms with E-state index in [2.05, 4.69) is 10.6 Å². The Balaban J connectivity index is 2.29. The Kier molecular flexibility index (Phi) is 7.80. The molecule has 1 rings (SSSR count). The number of Topliss-reactive ketones (excluding diaryl/α,β-unsaturated/α-hetero) is 1. The first-order chi connectivity index (χ1) is 10.9. The Morgan fingerprint density at radius 2 is 2.00 bits per heavy atom. The van der Waals surface area contributed by atoms with Crippen LogP contribution in [0.15, 0.2) is 24.3 Å². The molecule has 0 spiro atoms. The Morgan fingerprint density at radius 1 is 1.26 bits per heavy atom. The lowest BCUT2D eigenvalue weighted by molar-refractivity contribution is -0.128. The number of hydrogen-bond acceptors (Lipinski definition) is 4. The molecule has 0 aliphatic rings. The summed E-state index contributed by atoms with van der Waals surface area (Å²) in [6, 6.07) is 6.39. The number of nitrogens with one attached hydrogen (secondary N) is 2. The third kappa shape index (κ3) is 6.95. The van der Waals surface area contributed by atoms with Crippen molar-refractivity contribution in [3.8, 4) is 5.75 Å². The van der Waals surface area contributed by atoms with E-state index < -0.39 is 6.04 Å². The minimum absolute atomic E-state index is 0.0193. The first-order valence-electron chi connectivity index (χ1n) is 7.75. The molecule has 6 heteroatoms. The first-order valence-corrected chi connectivity index (χ1v) is 7.75. The second-order valence-electron chi connectivity index (χ2n) is 5.22. The highest BCUT2D eigenvalue weighted by Crippen LogP contribution is 2.14. The van der Waals surface area contributed by atoms with Crippen molar-refractivity contribution in [2.24, 2.45) is 0 Å². The van der Waals surface area contributed by atoms with Gasteiger partial charge in [0.25, 0.3) is 0 Å². The van der Waals surface area contributed by atoms with Crippen molar-refractivity contribution in [2.75, 3.05) is 13.2 Å². The molecule has 1 atom stereocenters. The molecule has 1 aromatic rings.